The van der Waals surface area contributed by atoms with Gasteiger partial charge in [-0.1, -0.05) is 47.5 Å². The van der Waals surface area contributed by atoms with Gasteiger partial charge in [-0.05, 0) is 47.5 Å². The summed E-state index contributed by atoms with van der Waals surface area (Å²) in [7, 11) is 1.66. The van der Waals surface area contributed by atoms with Crippen LogP contribution in [0, 0.1) is 0 Å². The summed E-state index contributed by atoms with van der Waals surface area (Å²) < 4.78 is 11.8. The Kier molecular flexibility index (Phi) is 8.40. The monoisotopic (exact) mass is 499 g/mol. The van der Waals surface area contributed by atoms with Crippen molar-refractivity contribution < 1.29 is 14.3 Å². The molecule has 0 saturated carbocycles. The van der Waals surface area contributed by atoms with Gasteiger partial charge in [0.1, 0.15) is 10.9 Å². The van der Waals surface area contributed by atoms with Gasteiger partial charge in [-0.15, -0.1) is 0 Å². The molecule has 6 nitrogen and oxygen atoms in total. The van der Waals surface area contributed by atoms with Crippen LogP contribution in [0.3, 0.4) is 0 Å². The van der Waals surface area contributed by atoms with Crippen LogP contribution in [0.2, 0.25) is 10.2 Å². The number of methoxy groups -OCH3 is 1. The fraction of sp³-hybridized carbons (Fsp3) is 0.308. The fourth-order valence-corrected chi connectivity index (χ4v) is 4.42. The third-order valence-electron chi connectivity index (χ3n) is 5.88. The second-order valence-electron chi connectivity index (χ2n) is 8.14. The summed E-state index contributed by atoms with van der Waals surface area (Å²) in [5.74, 6) is 0.705. The summed E-state index contributed by atoms with van der Waals surface area (Å²) >= 11 is 12.3. The van der Waals surface area contributed by atoms with E-state index >= 15 is 0 Å². The summed E-state index contributed by atoms with van der Waals surface area (Å²) in [6.07, 6.45) is 1.42. The number of carbonyl (C=O) groups excluding carboxylic acids is 1. The van der Waals surface area contributed by atoms with Crippen molar-refractivity contribution in [3.05, 3.63) is 93.7 Å². The second-order valence-corrected chi connectivity index (χ2v) is 8.94. The molecule has 1 aliphatic rings. The average molecular weight is 500 g/mol. The number of carbonyl (C=O) groups is 1. The molecule has 0 aliphatic carbocycles. The van der Waals surface area contributed by atoms with E-state index in [4.69, 9.17) is 32.7 Å². The van der Waals surface area contributed by atoms with Gasteiger partial charge in [0, 0.05) is 43.9 Å². The lowest BCUT2D eigenvalue weighted by Gasteiger charge is -2.36. The molecule has 1 saturated heterocycles. The third kappa shape index (κ3) is 6.27. The summed E-state index contributed by atoms with van der Waals surface area (Å²) in [5, 5.41) is 0.927. The highest BCUT2D eigenvalue weighted by Crippen LogP contribution is 2.26. The van der Waals surface area contributed by atoms with E-state index in [0.29, 0.717) is 36.8 Å². The van der Waals surface area contributed by atoms with Gasteiger partial charge in [0.25, 0.3) is 5.91 Å². The minimum atomic E-state index is -0.163. The Morgan fingerprint density at radius 2 is 1.82 bits per heavy atom. The third-order valence-corrected chi connectivity index (χ3v) is 6.42. The molecule has 1 atom stereocenters. The molecule has 0 bridgehead atoms. The summed E-state index contributed by atoms with van der Waals surface area (Å²) in [4.78, 5) is 21.0. The van der Waals surface area contributed by atoms with Crippen molar-refractivity contribution in [2.45, 2.75) is 12.7 Å². The van der Waals surface area contributed by atoms with Crippen molar-refractivity contribution in [3.8, 4) is 5.75 Å². The molecule has 34 heavy (non-hydrogen) atoms. The molecule has 2 aromatic carbocycles. The first-order chi connectivity index (χ1) is 16.5. The first kappa shape index (κ1) is 24.5. The highest BCUT2D eigenvalue weighted by molar-refractivity contribution is 6.32. The maximum atomic E-state index is 12.9. The molecule has 1 amide bonds. The van der Waals surface area contributed by atoms with E-state index in [-0.39, 0.29) is 17.2 Å². The van der Waals surface area contributed by atoms with E-state index < -0.39 is 0 Å². The van der Waals surface area contributed by atoms with Crippen molar-refractivity contribution in [1.82, 2.24) is 14.8 Å². The molecule has 4 rings (SSSR count). The number of rotatable bonds is 8. The van der Waals surface area contributed by atoms with Crippen LogP contribution in [0.4, 0.5) is 0 Å². The van der Waals surface area contributed by atoms with E-state index in [1.54, 1.807) is 25.4 Å². The highest BCUT2D eigenvalue weighted by atomic mass is 35.5. The van der Waals surface area contributed by atoms with E-state index in [1.165, 1.54) is 0 Å². The molecule has 1 unspecified atom stereocenters. The topological polar surface area (TPSA) is 54.9 Å². The molecular weight excluding hydrogens is 473 g/mol. The number of aromatic nitrogens is 1. The molecular formula is C26H27Cl2N3O3. The number of ether oxygens (including phenoxy) is 2. The molecule has 8 heteroatoms. The van der Waals surface area contributed by atoms with E-state index in [1.807, 2.05) is 47.4 Å². The van der Waals surface area contributed by atoms with Gasteiger partial charge >= 0.3 is 0 Å². The van der Waals surface area contributed by atoms with Crippen molar-refractivity contribution in [3.63, 3.8) is 0 Å². The maximum Gasteiger partial charge on any atom is 0.257 e. The Morgan fingerprint density at radius 3 is 2.56 bits per heavy atom. The van der Waals surface area contributed by atoms with E-state index in [9.17, 15) is 4.79 Å². The van der Waals surface area contributed by atoms with Gasteiger partial charge in [0.2, 0.25) is 0 Å². The number of nitrogens with zero attached hydrogens (tertiary/aromatic N) is 3. The number of benzene rings is 2. The number of amides is 1. The molecule has 0 N–H and O–H groups in total. The van der Waals surface area contributed by atoms with E-state index in [0.717, 1.165) is 30.0 Å². The number of hydrogen-bond donors (Lipinski definition) is 0. The Hall–Kier alpha value is -2.64. The van der Waals surface area contributed by atoms with Gasteiger partial charge in [0.15, 0.2) is 0 Å². The lowest BCUT2D eigenvalue weighted by molar-refractivity contribution is 0.00333. The zero-order chi connectivity index (χ0) is 23.9. The van der Waals surface area contributed by atoms with Crippen molar-refractivity contribution in [2.24, 2.45) is 0 Å². The lowest BCUT2D eigenvalue weighted by atomic mass is 10.1. The molecule has 1 aromatic heterocycles. The number of piperazine rings is 1. The van der Waals surface area contributed by atoms with Crippen LogP contribution in [0.15, 0.2) is 66.9 Å². The Bertz CT molecular complexity index is 1120. The van der Waals surface area contributed by atoms with Crippen LogP contribution >= 0.6 is 23.2 Å². The number of pyridine rings is 1. The minimum absolute atomic E-state index is 0.0840. The molecule has 1 fully saturated rings. The second kappa shape index (κ2) is 11.7. The minimum Gasteiger partial charge on any atom is -0.497 e. The molecule has 1 aliphatic heterocycles. The first-order valence-electron chi connectivity index (χ1n) is 11.2. The van der Waals surface area contributed by atoms with Gasteiger partial charge in [-0.25, -0.2) is 4.98 Å². The van der Waals surface area contributed by atoms with Crippen molar-refractivity contribution >= 4 is 29.1 Å². The predicted octanol–water partition coefficient (Wildman–Crippen LogP) is 5.11. The largest absolute Gasteiger partial charge is 0.497 e. The van der Waals surface area contributed by atoms with Gasteiger partial charge in [-0.3, -0.25) is 9.69 Å². The van der Waals surface area contributed by atoms with Crippen LogP contribution < -0.4 is 4.74 Å². The quantitative estimate of drug-likeness (QED) is 0.403. The van der Waals surface area contributed by atoms with Crippen LogP contribution in [0.5, 0.6) is 5.75 Å². The molecule has 2 heterocycles. The maximum absolute atomic E-state index is 12.9. The Morgan fingerprint density at radius 1 is 1.03 bits per heavy atom. The number of hydrogen-bond acceptors (Lipinski definition) is 5. The average Bonchev–Trinajstić information content (AvgIpc) is 2.87. The Balaban J connectivity index is 1.42. The smallest absolute Gasteiger partial charge is 0.257 e. The predicted molar refractivity (Wildman–Crippen MR) is 134 cm³/mol. The van der Waals surface area contributed by atoms with Gasteiger partial charge < -0.3 is 14.4 Å². The normalized spacial score (nSPS) is 15.2. The van der Waals surface area contributed by atoms with Crippen LogP contribution in [0.25, 0.3) is 0 Å². The van der Waals surface area contributed by atoms with Crippen molar-refractivity contribution in [2.75, 3.05) is 39.8 Å². The van der Waals surface area contributed by atoms with Crippen molar-refractivity contribution in [1.29, 1.82) is 0 Å². The van der Waals surface area contributed by atoms with Crippen LogP contribution in [0.1, 0.15) is 27.6 Å². The molecule has 0 spiro atoms. The zero-order valence-corrected chi connectivity index (χ0v) is 20.5. The van der Waals surface area contributed by atoms with Gasteiger partial charge in [-0.2, -0.15) is 0 Å². The summed E-state index contributed by atoms with van der Waals surface area (Å²) in [6.45, 7) is 3.85. The molecule has 178 valence electrons. The summed E-state index contributed by atoms with van der Waals surface area (Å²) in [5.41, 5.74) is 2.50. The lowest BCUT2D eigenvalue weighted by Crippen LogP contribution is -2.49. The zero-order valence-electron chi connectivity index (χ0n) is 19.0. The number of halogens is 2. The van der Waals surface area contributed by atoms with Crippen LogP contribution in [-0.2, 0) is 11.3 Å². The SMILES string of the molecule is COc1cccc(C(CN2CCN(C(=O)c3cccnc3Cl)CC2)OCc2cccc(Cl)c2)c1. The molecule has 0 radical (unpaired) electrons. The van der Waals surface area contributed by atoms with Crippen LogP contribution in [-0.4, -0.2) is 60.5 Å². The first-order valence-corrected chi connectivity index (χ1v) is 11.9. The van der Waals surface area contributed by atoms with Gasteiger partial charge in [0.05, 0.1) is 25.4 Å². The Labute approximate surface area is 210 Å². The fourth-order valence-electron chi connectivity index (χ4n) is 4.00. The summed E-state index contributed by atoms with van der Waals surface area (Å²) in [6, 6.07) is 19.1. The van der Waals surface area contributed by atoms with E-state index in [2.05, 4.69) is 16.0 Å². The standard InChI is InChI=1S/C26H27Cl2N3O3/c1-33-22-8-3-6-20(16-22)24(34-18-19-5-2-7-21(27)15-19)17-30-11-13-31(14-12-30)26(32)23-9-4-10-29-25(23)28/h2-10,15-16,24H,11-14,17-18H2,1H3. The highest BCUT2D eigenvalue weighted by Gasteiger charge is 2.26. The molecule has 3 aromatic rings.